The van der Waals surface area contributed by atoms with E-state index < -0.39 is 24.9 Å². The summed E-state index contributed by atoms with van der Waals surface area (Å²) >= 11 is 0. The number of aliphatic hydroxyl groups is 1. The predicted octanol–water partition coefficient (Wildman–Crippen LogP) is 1.37. The first-order valence-corrected chi connectivity index (χ1v) is 3.54. The molecule has 0 amide bonds. The molecule has 0 aromatic heterocycles. The van der Waals surface area contributed by atoms with Crippen LogP contribution >= 0.6 is 0 Å². The molecule has 1 nitrogen and oxygen atoms in total. The van der Waals surface area contributed by atoms with Gasteiger partial charge in [0.2, 0.25) is 0 Å². The Kier molecular flexibility index (Phi) is 2.61. The van der Waals surface area contributed by atoms with Crippen molar-refractivity contribution in [3.63, 3.8) is 0 Å². The van der Waals surface area contributed by atoms with Crippen molar-refractivity contribution in [2.75, 3.05) is 0 Å². The molecule has 13 heavy (non-hydrogen) atoms. The lowest BCUT2D eigenvalue weighted by Gasteiger charge is -2.15. The molecule has 0 fully saturated rings. The largest absolute Gasteiger partial charge is 0.509 e. The highest BCUT2D eigenvalue weighted by Crippen LogP contribution is 2.12. The van der Waals surface area contributed by atoms with E-state index in [-0.39, 0.29) is 5.56 Å². The molecule has 0 radical (unpaired) electrons. The lowest BCUT2D eigenvalue weighted by Crippen LogP contribution is -2.34. The molecule has 0 aliphatic carbocycles. The van der Waals surface area contributed by atoms with Crippen LogP contribution in [0.25, 0.3) is 0 Å². The van der Waals surface area contributed by atoms with Crippen molar-refractivity contribution in [1.82, 2.24) is 0 Å². The average Bonchev–Trinajstić information content (AvgIpc) is 2.03. The van der Waals surface area contributed by atoms with Crippen molar-refractivity contribution >= 4 is 12.4 Å². The fourth-order valence-electron chi connectivity index (χ4n) is 0.919. The molecule has 0 heterocycles. The molecule has 1 rings (SSSR count). The van der Waals surface area contributed by atoms with Crippen LogP contribution < -0.4 is 5.46 Å². The van der Waals surface area contributed by atoms with E-state index >= 15 is 0 Å². The molecule has 0 atom stereocenters. The maximum Gasteiger partial charge on any atom is 0.509 e. The predicted molar refractivity (Wildman–Crippen MR) is 41.0 cm³/mol. The summed E-state index contributed by atoms with van der Waals surface area (Å²) in [6.45, 7) is -5.85. The zero-order valence-electron chi connectivity index (χ0n) is 6.48. The van der Waals surface area contributed by atoms with Crippen LogP contribution in [0.2, 0.25) is 0 Å². The van der Waals surface area contributed by atoms with Gasteiger partial charge in [0.05, 0.1) is 6.61 Å². The van der Waals surface area contributed by atoms with E-state index in [0.717, 1.165) is 0 Å². The van der Waals surface area contributed by atoms with Crippen molar-refractivity contribution < 1.29 is 22.4 Å². The van der Waals surface area contributed by atoms with Gasteiger partial charge >= 0.3 is 6.98 Å². The molecule has 0 bridgehead atoms. The molecule has 1 aromatic carbocycles. The minimum absolute atomic E-state index is 0.336. The molecule has 0 saturated carbocycles. The third-order valence-electron chi connectivity index (χ3n) is 1.62. The topological polar surface area (TPSA) is 20.2 Å². The summed E-state index contributed by atoms with van der Waals surface area (Å²) in [5, 5.41) is 8.51. The quantitative estimate of drug-likeness (QED) is 0.555. The minimum Gasteiger partial charge on any atom is -0.445 e. The Balaban J connectivity index is 3.14. The standard InChI is InChI=1S/C7H6BF4O/c9-7-2-1-6(8(10,11)12)3-5(7)4-13/h1-3,13H,4H2/q-1. The SMILES string of the molecule is OCc1cc([B-](F)(F)F)ccc1F. The van der Waals surface area contributed by atoms with Crippen LogP contribution in [0.4, 0.5) is 17.3 Å². The van der Waals surface area contributed by atoms with Gasteiger partial charge in [-0.1, -0.05) is 12.1 Å². The summed E-state index contributed by atoms with van der Waals surface area (Å²) in [4.78, 5) is 0. The number of halogens is 4. The number of aliphatic hydroxyl groups excluding tert-OH is 1. The molecule has 72 valence electrons. The summed E-state index contributed by atoms with van der Waals surface area (Å²) < 4.78 is 48.9. The first kappa shape index (κ1) is 10.0. The average molecular weight is 193 g/mol. The van der Waals surface area contributed by atoms with Crippen LogP contribution in [0.15, 0.2) is 18.2 Å². The lowest BCUT2D eigenvalue weighted by atomic mass is 9.79. The van der Waals surface area contributed by atoms with Gasteiger partial charge in [0, 0.05) is 5.56 Å². The summed E-state index contributed by atoms with van der Waals surface area (Å²) in [6.07, 6.45) is 0. The van der Waals surface area contributed by atoms with Crippen LogP contribution in [0.1, 0.15) is 5.56 Å². The number of benzene rings is 1. The van der Waals surface area contributed by atoms with Gasteiger partial charge in [0.25, 0.3) is 0 Å². The second-order valence-corrected chi connectivity index (χ2v) is 2.58. The zero-order chi connectivity index (χ0) is 10.1. The van der Waals surface area contributed by atoms with Crippen molar-refractivity contribution in [3.05, 3.63) is 29.6 Å². The number of hydrogen-bond acceptors (Lipinski definition) is 1. The summed E-state index contributed by atoms with van der Waals surface area (Å²) in [7, 11) is 0. The van der Waals surface area contributed by atoms with E-state index in [2.05, 4.69) is 0 Å². The van der Waals surface area contributed by atoms with Gasteiger partial charge in [-0.2, -0.15) is 0 Å². The Morgan fingerprint density at radius 1 is 1.23 bits per heavy atom. The van der Waals surface area contributed by atoms with Gasteiger partial charge in [-0.15, -0.1) is 5.46 Å². The summed E-state index contributed by atoms with van der Waals surface area (Å²) in [6, 6.07) is 1.99. The van der Waals surface area contributed by atoms with Crippen LogP contribution in [-0.2, 0) is 6.61 Å². The molecule has 6 heteroatoms. The fourth-order valence-corrected chi connectivity index (χ4v) is 0.919. The van der Waals surface area contributed by atoms with Gasteiger partial charge < -0.3 is 18.1 Å². The summed E-state index contributed by atoms with van der Waals surface area (Å²) in [5.74, 6) is -0.827. The molecule has 0 unspecified atom stereocenters. The first-order chi connectivity index (χ1) is 5.95. The monoisotopic (exact) mass is 193 g/mol. The molecule has 0 aliphatic heterocycles. The maximum absolute atomic E-state index is 12.6. The van der Waals surface area contributed by atoms with Gasteiger partial charge in [-0.3, -0.25) is 0 Å². The van der Waals surface area contributed by atoms with Crippen LogP contribution in [0.5, 0.6) is 0 Å². The molecule has 0 saturated heterocycles. The smallest absolute Gasteiger partial charge is 0.445 e. The first-order valence-electron chi connectivity index (χ1n) is 3.54. The van der Waals surface area contributed by atoms with Crippen molar-refractivity contribution in [2.24, 2.45) is 0 Å². The number of hydrogen-bond donors (Lipinski definition) is 1. The third kappa shape index (κ3) is 2.21. The zero-order valence-corrected chi connectivity index (χ0v) is 6.48. The Morgan fingerprint density at radius 2 is 1.85 bits per heavy atom. The number of rotatable bonds is 2. The van der Waals surface area contributed by atoms with Gasteiger partial charge in [0.1, 0.15) is 5.82 Å². The Hall–Kier alpha value is -1.04. The highest BCUT2D eigenvalue weighted by molar-refractivity contribution is 6.73. The molecule has 1 aromatic rings. The Morgan fingerprint density at radius 3 is 2.31 bits per heavy atom. The van der Waals surface area contributed by atoms with E-state index in [4.69, 9.17) is 5.11 Å². The normalized spacial score (nSPS) is 11.8. The molecular formula is C7H6BF4O-. The van der Waals surface area contributed by atoms with Crippen molar-refractivity contribution in [2.45, 2.75) is 6.61 Å². The minimum atomic E-state index is -5.12. The van der Waals surface area contributed by atoms with E-state index in [0.29, 0.717) is 18.2 Å². The van der Waals surface area contributed by atoms with E-state index in [1.807, 2.05) is 0 Å². The Labute approximate surface area is 72.1 Å². The van der Waals surface area contributed by atoms with Crippen LogP contribution in [-0.4, -0.2) is 12.1 Å². The molecule has 1 N–H and O–H groups in total. The second-order valence-electron chi connectivity index (χ2n) is 2.58. The fraction of sp³-hybridized carbons (Fsp3) is 0.143. The summed E-state index contributed by atoms with van der Waals surface area (Å²) in [5.41, 5.74) is -1.23. The maximum atomic E-state index is 12.6. The molecule has 0 aliphatic rings. The second kappa shape index (κ2) is 3.37. The van der Waals surface area contributed by atoms with E-state index in [1.165, 1.54) is 0 Å². The highest BCUT2D eigenvalue weighted by Gasteiger charge is 2.25. The van der Waals surface area contributed by atoms with Gasteiger partial charge in [0.15, 0.2) is 0 Å². The Bertz CT molecular complexity index is 310. The molecule has 0 spiro atoms. The van der Waals surface area contributed by atoms with Crippen molar-refractivity contribution in [1.29, 1.82) is 0 Å². The van der Waals surface area contributed by atoms with E-state index in [1.54, 1.807) is 0 Å². The van der Waals surface area contributed by atoms with Crippen LogP contribution in [0.3, 0.4) is 0 Å². The lowest BCUT2D eigenvalue weighted by molar-refractivity contribution is 0.276. The van der Waals surface area contributed by atoms with E-state index in [9.17, 15) is 17.3 Å². The molecular weight excluding hydrogens is 187 g/mol. The van der Waals surface area contributed by atoms with Crippen molar-refractivity contribution in [3.8, 4) is 0 Å². The highest BCUT2D eigenvalue weighted by atomic mass is 19.4. The van der Waals surface area contributed by atoms with Gasteiger partial charge in [-0.25, -0.2) is 4.39 Å². The third-order valence-corrected chi connectivity index (χ3v) is 1.62. The van der Waals surface area contributed by atoms with Gasteiger partial charge in [-0.05, 0) is 6.07 Å². The van der Waals surface area contributed by atoms with Crippen LogP contribution in [0, 0.1) is 5.82 Å².